The lowest BCUT2D eigenvalue weighted by Crippen LogP contribution is -2.18. The molecule has 0 heterocycles. The monoisotopic (exact) mass is 460 g/mol. The van der Waals surface area contributed by atoms with Crippen molar-refractivity contribution >= 4 is 27.3 Å². The van der Waals surface area contributed by atoms with Crippen LogP contribution in [0, 0.1) is 13.8 Å². The van der Waals surface area contributed by atoms with Crippen molar-refractivity contribution in [3.8, 4) is 11.5 Å². The highest BCUT2D eigenvalue weighted by molar-refractivity contribution is 9.10. The molecule has 11 heteroatoms. The van der Waals surface area contributed by atoms with Gasteiger partial charge < -0.3 is 20.9 Å². The van der Waals surface area contributed by atoms with Crippen molar-refractivity contribution in [1.29, 1.82) is 0 Å². The Morgan fingerprint density at radius 2 is 1.26 bits per heavy atom. The molecule has 0 unspecified atom stereocenters. The standard InChI is InChI=1S/C8H7BrF3NO.C8H8F3NO/c1-4-2-6(13)7(3-5(4)9)14-8(10,11)12;1-5-2-3-7(6(12)4-5)13-8(9,10)11/h2-3H,13H2,1H3;2-4H,12H2,1H3. The fourth-order valence-electron chi connectivity index (χ4n) is 1.78. The van der Waals surface area contributed by atoms with Gasteiger partial charge in [-0.25, -0.2) is 0 Å². The van der Waals surface area contributed by atoms with Crippen LogP contribution in [0.1, 0.15) is 11.1 Å². The lowest BCUT2D eigenvalue weighted by molar-refractivity contribution is -0.275. The fraction of sp³-hybridized carbons (Fsp3) is 0.250. The highest BCUT2D eigenvalue weighted by Crippen LogP contribution is 2.33. The Bertz CT molecular complexity index is 794. The first-order chi connectivity index (χ1) is 12.2. The van der Waals surface area contributed by atoms with Gasteiger partial charge in [0.25, 0.3) is 0 Å². The SMILES string of the molecule is Cc1cc(N)c(OC(F)(F)F)cc1Br.Cc1ccc(OC(F)(F)F)c(N)c1. The molecule has 0 spiro atoms. The molecule has 0 saturated heterocycles. The quantitative estimate of drug-likeness (QED) is 0.444. The smallest absolute Gasteiger partial charge is 0.404 e. The van der Waals surface area contributed by atoms with Gasteiger partial charge in [-0.3, -0.25) is 0 Å². The molecule has 0 aliphatic rings. The topological polar surface area (TPSA) is 70.5 Å². The van der Waals surface area contributed by atoms with Crippen LogP contribution in [0.5, 0.6) is 11.5 Å². The zero-order valence-corrected chi connectivity index (χ0v) is 15.6. The molecule has 2 rings (SSSR count). The summed E-state index contributed by atoms with van der Waals surface area (Å²) < 4.78 is 78.7. The molecule has 2 aromatic carbocycles. The Morgan fingerprint density at radius 3 is 1.74 bits per heavy atom. The summed E-state index contributed by atoms with van der Waals surface area (Å²) in [5.74, 6) is -0.756. The number of hydrogen-bond acceptors (Lipinski definition) is 4. The van der Waals surface area contributed by atoms with Crippen LogP contribution >= 0.6 is 15.9 Å². The first-order valence-corrected chi connectivity index (χ1v) is 7.90. The van der Waals surface area contributed by atoms with E-state index in [1.54, 1.807) is 13.8 Å². The van der Waals surface area contributed by atoms with Crippen LogP contribution in [0.3, 0.4) is 0 Å². The number of ether oxygens (including phenoxy) is 2. The van der Waals surface area contributed by atoms with Crippen LogP contribution in [0.15, 0.2) is 34.8 Å². The summed E-state index contributed by atoms with van der Waals surface area (Å²) in [7, 11) is 0. The van der Waals surface area contributed by atoms with Gasteiger partial charge in [0, 0.05) is 4.47 Å². The molecule has 0 radical (unpaired) electrons. The number of aryl methyl sites for hydroxylation is 2. The van der Waals surface area contributed by atoms with Gasteiger partial charge in [-0.15, -0.1) is 26.3 Å². The fourth-order valence-corrected chi connectivity index (χ4v) is 2.11. The number of hydrogen-bond donors (Lipinski definition) is 2. The molecule has 0 aliphatic heterocycles. The van der Waals surface area contributed by atoms with E-state index in [-0.39, 0.29) is 17.1 Å². The summed E-state index contributed by atoms with van der Waals surface area (Å²) in [6.07, 6.45) is -9.41. The molecule has 0 aliphatic carbocycles. The maximum Gasteiger partial charge on any atom is 0.573 e. The summed E-state index contributed by atoms with van der Waals surface area (Å²) in [6, 6.07) is 6.71. The summed E-state index contributed by atoms with van der Waals surface area (Å²) in [6.45, 7) is 3.45. The minimum absolute atomic E-state index is 0.0164. The lowest BCUT2D eigenvalue weighted by atomic mass is 10.2. The van der Waals surface area contributed by atoms with E-state index < -0.39 is 18.5 Å². The molecule has 0 atom stereocenters. The third kappa shape index (κ3) is 8.29. The van der Waals surface area contributed by atoms with E-state index in [4.69, 9.17) is 11.5 Å². The molecule has 150 valence electrons. The molecule has 0 amide bonds. The number of halogens is 7. The van der Waals surface area contributed by atoms with Crippen LogP contribution in [0.2, 0.25) is 0 Å². The van der Waals surface area contributed by atoms with Gasteiger partial charge in [0.1, 0.15) is 0 Å². The highest BCUT2D eigenvalue weighted by Gasteiger charge is 2.32. The summed E-state index contributed by atoms with van der Waals surface area (Å²) in [4.78, 5) is 0. The van der Waals surface area contributed by atoms with Gasteiger partial charge in [0.15, 0.2) is 11.5 Å². The van der Waals surface area contributed by atoms with Crippen molar-refractivity contribution in [2.75, 3.05) is 11.5 Å². The lowest BCUT2D eigenvalue weighted by Gasteiger charge is -2.12. The van der Waals surface area contributed by atoms with E-state index in [9.17, 15) is 26.3 Å². The summed E-state index contributed by atoms with van der Waals surface area (Å²) in [5, 5.41) is 0. The second-order valence-electron chi connectivity index (χ2n) is 5.28. The van der Waals surface area contributed by atoms with Gasteiger partial charge >= 0.3 is 12.7 Å². The number of nitrogen functional groups attached to an aromatic ring is 2. The van der Waals surface area contributed by atoms with Gasteiger partial charge in [0.05, 0.1) is 11.4 Å². The average Bonchev–Trinajstić information content (AvgIpc) is 2.46. The number of alkyl halides is 6. The first kappa shape index (κ1) is 22.7. The molecule has 0 fully saturated rings. The van der Waals surface area contributed by atoms with Crippen LogP contribution in [0.4, 0.5) is 37.7 Å². The summed E-state index contributed by atoms with van der Waals surface area (Å²) >= 11 is 3.08. The van der Waals surface area contributed by atoms with Crippen molar-refractivity contribution in [3.63, 3.8) is 0 Å². The molecular formula is C16H15BrF6N2O2. The Hall–Kier alpha value is -2.30. The predicted octanol–water partition coefficient (Wildman–Crippen LogP) is 5.71. The normalized spacial score (nSPS) is 11.4. The van der Waals surface area contributed by atoms with E-state index in [1.165, 1.54) is 30.3 Å². The van der Waals surface area contributed by atoms with Crippen molar-refractivity contribution < 1.29 is 35.8 Å². The Labute approximate surface area is 159 Å². The van der Waals surface area contributed by atoms with E-state index in [2.05, 4.69) is 25.4 Å². The third-order valence-electron chi connectivity index (χ3n) is 2.91. The van der Waals surface area contributed by atoms with Crippen molar-refractivity contribution in [1.82, 2.24) is 0 Å². The van der Waals surface area contributed by atoms with E-state index in [0.29, 0.717) is 4.47 Å². The second-order valence-corrected chi connectivity index (χ2v) is 6.13. The van der Waals surface area contributed by atoms with Crippen LogP contribution < -0.4 is 20.9 Å². The van der Waals surface area contributed by atoms with E-state index in [0.717, 1.165) is 11.1 Å². The van der Waals surface area contributed by atoms with Crippen molar-refractivity contribution in [2.24, 2.45) is 0 Å². The number of nitrogens with two attached hydrogens (primary N) is 2. The highest BCUT2D eigenvalue weighted by atomic mass is 79.9. The molecular weight excluding hydrogens is 446 g/mol. The molecule has 27 heavy (non-hydrogen) atoms. The largest absolute Gasteiger partial charge is 0.573 e. The summed E-state index contributed by atoms with van der Waals surface area (Å²) in [5.41, 5.74) is 12.1. The predicted molar refractivity (Wildman–Crippen MR) is 92.2 cm³/mol. The maximum atomic E-state index is 11.9. The van der Waals surface area contributed by atoms with Crippen LogP contribution in [-0.2, 0) is 0 Å². The first-order valence-electron chi connectivity index (χ1n) is 7.11. The zero-order valence-electron chi connectivity index (χ0n) is 14.0. The Kier molecular flexibility index (Phi) is 7.24. The number of anilines is 2. The van der Waals surface area contributed by atoms with Crippen LogP contribution in [0.25, 0.3) is 0 Å². The Morgan fingerprint density at radius 1 is 0.778 bits per heavy atom. The van der Waals surface area contributed by atoms with Gasteiger partial charge in [0.2, 0.25) is 0 Å². The maximum absolute atomic E-state index is 11.9. The molecule has 4 nitrogen and oxygen atoms in total. The van der Waals surface area contributed by atoms with Gasteiger partial charge in [-0.2, -0.15) is 0 Å². The number of benzene rings is 2. The third-order valence-corrected chi connectivity index (χ3v) is 3.76. The van der Waals surface area contributed by atoms with Crippen molar-refractivity contribution in [2.45, 2.75) is 26.6 Å². The van der Waals surface area contributed by atoms with Gasteiger partial charge in [-0.05, 0) is 49.2 Å². The Balaban J connectivity index is 0.000000271. The minimum atomic E-state index is -4.72. The molecule has 0 bridgehead atoms. The average molecular weight is 461 g/mol. The molecule has 0 saturated carbocycles. The van der Waals surface area contributed by atoms with Gasteiger partial charge in [-0.1, -0.05) is 22.0 Å². The molecule has 4 N–H and O–H groups in total. The van der Waals surface area contributed by atoms with E-state index >= 15 is 0 Å². The van der Waals surface area contributed by atoms with Crippen LogP contribution in [-0.4, -0.2) is 12.7 Å². The second kappa shape index (κ2) is 8.59. The zero-order chi connectivity index (χ0) is 21.0. The molecule has 2 aromatic rings. The minimum Gasteiger partial charge on any atom is -0.404 e. The molecule has 0 aromatic heterocycles. The van der Waals surface area contributed by atoms with Crippen molar-refractivity contribution in [3.05, 3.63) is 45.9 Å². The number of rotatable bonds is 2. The van der Waals surface area contributed by atoms with E-state index in [1.807, 2.05) is 0 Å².